The van der Waals surface area contributed by atoms with Crippen molar-refractivity contribution in [2.45, 2.75) is 6.54 Å². The summed E-state index contributed by atoms with van der Waals surface area (Å²) in [5, 5.41) is 3.27. The van der Waals surface area contributed by atoms with Crippen LogP contribution in [-0.4, -0.2) is 19.5 Å². The highest BCUT2D eigenvalue weighted by molar-refractivity contribution is 5.40. The quantitative estimate of drug-likeness (QED) is 0.773. The normalized spacial score (nSPS) is 10.3. The predicted octanol–water partition coefficient (Wildman–Crippen LogP) is 2.27. The maximum Gasteiger partial charge on any atom is 0.115 e. The molecule has 19 heavy (non-hydrogen) atoms. The van der Waals surface area contributed by atoms with Crippen LogP contribution >= 0.6 is 0 Å². The molecule has 1 aromatic carbocycles. The molecule has 1 N–H and O–H groups in total. The fraction of sp³-hybridized carbons (Fsp3) is 0.0714. The first kappa shape index (κ1) is 11.4. The number of nitrogens with one attached hydrogen (secondary N) is 1. The average molecular weight is 251 g/mol. The van der Waals surface area contributed by atoms with Crippen molar-refractivity contribution in [2.75, 3.05) is 5.32 Å². The van der Waals surface area contributed by atoms with Crippen molar-refractivity contribution in [1.29, 1.82) is 0 Å². The van der Waals surface area contributed by atoms with Crippen molar-refractivity contribution in [3.8, 4) is 5.69 Å². The summed E-state index contributed by atoms with van der Waals surface area (Å²) < 4.78 is 1.97. The third kappa shape index (κ3) is 2.77. The van der Waals surface area contributed by atoms with Gasteiger partial charge in [0.2, 0.25) is 0 Å². The molecule has 0 aliphatic rings. The Hall–Kier alpha value is -2.69. The first-order valence-corrected chi connectivity index (χ1v) is 5.98. The first-order chi connectivity index (χ1) is 9.42. The van der Waals surface area contributed by atoms with Crippen molar-refractivity contribution < 1.29 is 0 Å². The zero-order valence-electron chi connectivity index (χ0n) is 10.3. The number of rotatable bonds is 4. The van der Waals surface area contributed by atoms with Gasteiger partial charge in [0.15, 0.2) is 0 Å². The highest BCUT2D eigenvalue weighted by atomic mass is 15.0. The lowest BCUT2D eigenvalue weighted by atomic mass is 10.2. The summed E-state index contributed by atoms with van der Waals surface area (Å²) >= 11 is 0. The highest BCUT2D eigenvalue weighted by Crippen LogP contribution is 2.11. The molecule has 94 valence electrons. The molecule has 5 nitrogen and oxygen atoms in total. The zero-order chi connectivity index (χ0) is 12.9. The number of benzene rings is 1. The lowest BCUT2D eigenvalue weighted by molar-refractivity contribution is 1.05. The second-order valence-electron chi connectivity index (χ2n) is 4.12. The third-order valence-corrected chi connectivity index (χ3v) is 2.80. The van der Waals surface area contributed by atoms with E-state index in [9.17, 15) is 0 Å². The van der Waals surface area contributed by atoms with E-state index in [-0.39, 0.29) is 0 Å². The largest absolute Gasteiger partial charge is 0.378 e. The van der Waals surface area contributed by atoms with Crippen molar-refractivity contribution in [1.82, 2.24) is 19.5 Å². The summed E-state index contributed by atoms with van der Waals surface area (Å²) in [6.07, 6.45) is 10.5. The summed E-state index contributed by atoms with van der Waals surface area (Å²) in [6, 6.07) is 8.32. The third-order valence-electron chi connectivity index (χ3n) is 2.80. The van der Waals surface area contributed by atoms with E-state index in [0.717, 1.165) is 17.9 Å². The van der Waals surface area contributed by atoms with Crippen LogP contribution in [-0.2, 0) is 6.54 Å². The van der Waals surface area contributed by atoms with Crippen molar-refractivity contribution in [2.24, 2.45) is 0 Å². The van der Waals surface area contributed by atoms with Crippen LogP contribution in [0, 0.1) is 0 Å². The molecule has 0 atom stereocenters. The van der Waals surface area contributed by atoms with Gasteiger partial charge in [-0.3, -0.25) is 0 Å². The molecule has 2 aromatic heterocycles. The van der Waals surface area contributed by atoms with E-state index in [1.54, 1.807) is 24.9 Å². The van der Waals surface area contributed by atoms with E-state index >= 15 is 0 Å². The van der Waals surface area contributed by atoms with Crippen LogP contribution < -0.4 is 5.32 Å². The Morgan fingerprint density at radius 1 is 1.00 bits per heavy atom. The lowest BCUT2D eigenvalue weighted by Gasteiger charge is -2.07. The molecule has 0 saturated heterocycles. The predicted molar refractivity (Wildman–Crippen MR) is 72.9 cm³/mol. The Morgan fingerprint density at radius 2 is 1.79 bits per heavy atom. The van der Waals surface area contributed by atoms with Crippen molar-refractivity contribution in [3.63, 3.8) is 0 Å². The molecule has 0 aliphatic heterocycles. The molecule has 0 aliphatic carbocycles. The Labute approximate surface area is 111 Å². The van der Waals surface area contributed by atoms with E-state index in [1.165, 1.54) is 11.9 Å². The zero-order valence-corrected chi connectivity index (χ0v) is 10.3. The molecule has 0 unspecified atom stereocenters. The molecule has 0 bridgehead atoms. The smallest absolute Gasteiger partial charge is 0.115 e. The average Bonchev–Trinajstić information content (AvgIpc) is 3.01. The van der Waals surface area contributed by atoms with Crippen molar-refractivity contribution in [3.05, 3.63) is 67.3 Å². The number of anilines is 1. The Bertz CT molecular complexity index is 617. The summed E-state index contributed by atoms with van der Waals surface area (Å²) in [5.74, 6) is 0. The minimum Gasteiger partial charge on any atom is -0.378 e. The molecule has 0 amide bonds. The molecule has 0 fully saturated rings. The van der Waals surface area contributed by atoms with Gasteiger partial charge < -0.3 is 9.88 Å². The fourth-order valence-corrected chi connectivity index (χ4v) is 1.79. The molecule has 5 heteroatoms. The van der Waals surface area contributed by atoms with Crippen LogP contribution in [0.4, 0.5) is 5.69 Å². The van der Waals surface area contributed by atoms with Crippen LogP contribution in [0.1, 0.15) is 5.56 Å². The van der Waals surface area contributed by atoms with Gasteiger partial charge in [0, 0.05) is 24.6 Å². The molecule has 2 heterocycles. The maximum atomic E-state index is 4.03. The maximum absolute atomic E-state index is 4.03. The summed E-state index contributed by atoms with van der Waals surface area (Å²) in [5.41, 5.74) is 3.22. The molecule has 0 saturated carbocycles. The Kier molecular flexibility index (Phi) is 3.18. The van der Waals surface area contributed by atoms with E-state index in [2.05, 4.69) is 44.5 Å². The molecular weight excluding hydrogens is 238 g/mol. The summed E-state index contributed by atoms with van der Waals surface area (Å²) in [7, 11) is 0. The SMILES string of the molecule is c1cn(-c2ccc(CNc3cncnc3)cc2)cn1. The van der Waals surface area contributed by atoms with Crippen molar-refractivity contribution >= 4 is 5.69 Å². The van der Waals surface area contributed by atoms with Gasteiger partial charge in [-0.05, 0) is 17.7 Å². The minimum absolute atomic E-state index is 0.748. The topological polar surface area (TPSA) is 55.6 Å². The van der Waals surface area contributed by atoms with E-state index < -0.39 is 0 Å². The monoisotopic (exact) mass is 251 g/mol. The molecule has 3 rings (SSSR count). The number of hydrogen-bond donors (Lipinski definition) is 1. The van der Waals surface area contributed by atoms with Crippen LogP contribution in [0.5, 0.6) is 0 Å². The Morgan fingerprint density at radius 3 is 2.47 bits per heavy atom. The number of imidazole rings is 1. The Balaban J connectivity index is 1.67. The van der Waals surface area contributed by atoms with Crippen LogP contribution in [0.15, 0.2) is 61.7 Å². The fourth-order valence-electron chi connectivity index (χ4n) is 1.79. The second-order valence-corrected chi connectivity index (χ2v) is 4.12. The second kappa shape index (κ2) is 5.30. The molecular formula is C14H13N5. The molecule has 0 radical (unpaired) electrons. The highest BCUT2D eigenvalue weighted by Gasteiger charge is 1.97. The van der Waals surface area contributed by atoms with Gasteiger partial charge in [0.05, 0.1) is 24.4 Å². The number of nitrogens with zero attached hydrogens (tertiary/aromatic N) is 4. The van der Waals surface area contributed by atoms with Gasteiger partial charge in [-0.25, -0.2) is 15.0 Å². The first-order valence-electron chi connectivity index (χ1n) is 5.98. The van der Waals surface area contributed by atoms with Gasteiger partial charge >= 0.3 is 0 Å². The van der Waals surface area contributed by atoms with Crippen LogP contribution in [0.2, 0.25) is 0 Å². The standard InChI is InChI=1S/C14H13N5/c1-3-14(19-6-5-15-11-19)4-2-12(1)7-18-13-8-16-10-17-9-13/h1-6,8-11,18H,7H2. The van der Waals surface area contributed by atoms with Gasteiger partial charge in [0.1, 0.15) is 6.33 Å². The molecule has 3 aromatic rings. The summed E-state index contributed by atoms with van der Waals surface area (Å²) in [4.78, 5) is 12.0. The van der Waals surface area contributed by atoms with Gasteiger partial charge in [-0.1, -0.05) is 12.1 Å². The van der Waals surface area contributed by atoms with Gasteiger partial charge in [0.25, 0.3) is 0 Å². The number of aromatic nitrogens is 4. The number of hydrogen-bond acceptors (Lipinski definition) is 4. The van der Waals surface area contributed by atoms with Crippen LogP contribution in [0.3, 0.4) is 0 Å². The lowest BCUT2D eigenvalue weighted by Crippen LogP contribution is -2.00. The summed E-state index contributed by atoms with van der Waals surface area (Å²) in [6.45, 7) is 0.748. The van der Waals surface area contributed by atoms with Crippen LogP contribution in [0.25, 0.3) is 5.69 Å². The molecule has 0 spiro atoms. The minimum atomic E-state index is 0.748. The van der Waals surface area contributed by atoms with Gasteiger partial charge in [-0.2, -0.15) is 0 Å². The van der Waals surface area contributed by atoms with E-state index in [4.69, 9.17) is 0 Å². The van der Waals surface area contributed by atoms with Gasteiger partial charge in [-0.15, -0.1) is 0 Å². The van der Waals surface area contributed by atoms with E-state index in [0.29, 0.717) is 0 Å². The van der Waals surface area contributed by atoms with E-state index in [1.807, 2.05) is 10.8 Å².